The molecule has 0 spiro atoms. The largest absolute Gasteiger partial charge is 0.481 e. The van der Waals surface area contributed by atoms with Gasteiger partial charge in [-0.1, -0.05) is 6.42 Å². The van der Waals surface area contributed by atoms with Crippen molar-refractivity contribution < 1.29 is 19.4 Å². The molecule has 7 heteroatoms. The van der Waals surface area contributed by atoms with Crippen LogP contribution in [0.5, 0.6) is 0 Å². The van der Waals surface area contributed by atoms with Crippen LogP contribution in [0, 0.1) is 17.3 Å². The van der Waals surface area contributed by atoms with Crippen LogP contribution in [-0.4, -0.2) is 51.4 Å². The molecule has 3 aliphatic rings. The fourth-order valence-electron chi connectivity index (χ4n) is 4.80. The minimum Gasteiger partial charge on any atom is -0.481 e. The summed E-state index contributed by atoms with van der Waals surface area (Å²) in [6.07, 6.45) is 6.57. The van der Waals surface area contributed by atoms with Crippen LogP contribution >= 0.6 is 0 Å². The fraction of sp³-hybridized carbons (Fsp3) is 0.706. The van der Waals surface area contributed by atoms with Gasteiger partial charge in [0.2, 0.25) is 5.91 Å². The molecule has 0 aromatic carbocycles. The summed E-state index contributed by atoms with van der Waals surface area (Å²) in [6.45, 7) is 1.47. The van der Waals surface area contributed by atoms with E-state index in [9.17, 15) is 14.7 Å². The zero-order valence-corrected chi connectivity index (χ0v) is 13.9. The molecule has 1 amide bonds. The summed E-state index contributed by atoms with van der Waals surface area (Å²) in [5, 5.41) is 13.9. The topological polar surface area (TPSA) is 84.7 Å². The van der Waals surface area contributed by atoms with Crippen LogP contribution in [0.3, 0.4) is 0 Å². The summed E-state index contributed by atoms with van der Waals surface area (Å²) in [7, 11) is 1.84. The molecule has 4 atom stereocenters. The Labute approximate surface area is 140 Å². The number of rotatable bonds is 3. The SMILES string of the molecule is Cn1cc([C@H]2OCC[C@@H]2C(=O)N2C[C@@H]3CCC[C@@]3(C(=O)O)C2)cn1. The number of nitrogens with zero attached hydrogens (tertiary/aromatic N) is 3. The lowest BCUT2D eigenvalue weighted by atomic mass is 9.81. The predicted octanol–water partition coefficient (Wildman–Crippen LogP) is 1.21. The summed E-state index contributed by atoms with van der Waals surface area (Å²) < 4.78 is 7.50. The fourth-order valence-corrected chi connectivity index (χ4v) is 4.80. The first-order valence-corrected chi connectivity index (χ1v) is 8.63. The van der Waals surface area contributed by atoms with E-state index in [1.165, 1.54) is 0 Å². The monoisotopic (exact) mass is 333 g/mol. The third kappa shape index (κ3) is 2.25. The van der Waals surface area contributed by atoms with E-state index in [2.05, 4.69) is 5.10 Å². The van der Waals surface area contributed by atoms with E-state index in [1.807, 2.05) is 13.2 Å². The van der Waals surface area contributed by atoms with Crippen LogP contribution in [0.2, 0.25) is 0 Å². The highest BCUT2D eigenvalue weighted by Crippen LogP contribution is 2.50. The van der Waals surface area contributed by atoms with E-state index in [4.69, 9.17) is 4.74 Å². The maximum absolute atomic E-state index is 13.1. The van der Waals surface area contributed by atoms with Crippen molar-refractivity contribution in [3.63, 3.8) is 0 Å². The number of aryl methyl sites for hydroxylation is 1. The molecular formula is C17H23N3O4. The van der Waals surface area contributed by atoms with Crippen molar-refractivity contribution in [3.05, 3.63) is 18.0 Å². The van der Waals surface area contributed by atoms with Crippen molar-refractivity contribution in [1.29, 1.82) is 0 Å². The highest BCUT2D eigenvalue weighted by molar-refractivity contribution is 5.83. The Balaban J connectivity index is 1.53. The second-order valence-corrected chi connectivity index (χ2v) is 7.40. The number of likely N-dealkylation sites (tertiary alicyclic amines) is 1. The molecule has 1 saturated carbocycles. The van der Waals surface area contributed by atoms with Gasteiger partial charge in [0.1, 0.15) is 0 Å². The summed E-state index contributed by atoms with van der Waals surface area (Å²) in [5.41, 5.74) is 0.194. The summed E-state index contributed by atoms with van der Waals surface area (Å²) in [4.78, 5) is 26.6. The molecular weight excluding hydrogens is 310 g/mol. The number of aromatic nitrogens is 2. The first kappa shape index (κ1) is 15.6. The third-order valence-electron chi connectivity index (χ3n) is 6.07. The van der Waals surface area contributed by atoms with E-state index in [0.717, 1.165) is 18.4 Å². The Morgan fingerprint density at radius 1 is 1.42 bits per heavy atom. The molecule has 1 N–H and O–H groups in total. The molecule has 130 valence electrons. The van der Waals surface area contributed by atoms with Crippen LogP contribution in [0.15, 0.2) is 12.4 Å². The molecule has 1 aromatic heterocycles. The Morgan fingerprint density at radius 3 is 2.92 bits per heavy atom. The van der Waals surface area contributed by atoms with Gasteiger partial charge in [0, 0.05) is 38.5 Å². The van der Waals surface area contributed by atoms with E-state index in [0.29, 0.717) is 32.5 Å². The predicted molar refractivity (Wildman–Crippen MR) is 84.0 cm³/mol. The molecule has 24 heavy (non-hydrogen) atoms. The average Bonchev–Trinajstić information content (AvgIpc) is 3.28. The molecule has 2 saturated heterocycles. The second-order valence-electron chi connectivity index (χ2n) is 7.40. The molecule has 0 unspecified atom stereocenters. The van der Waals surface area contributed by atoms with E-state index in [-0.39, 0.29) is 23.8 Å². The molecule has 0 radical (unpaired) electrons. The molecule has 1 aromatic rings. The van der Waals surface area contributed by atoms with Gasteiger partial charge in [0.25, 0.3) is 0 Å². The first-order valence-electron chi connectivity index (χ1n) is 8.63. The molecule has 2 aliphatic heterocycles. The maximum atomic E-state index is 13.1. The van der Waals surface area contributed by atoms with Gasteiger partial charge in [-0.25, -0.2) is 0 Å². The van der Waals surface area contributed by atoms with Gasteiger partial charge in [-0.15, -0.1) is 0 Å². The number of ether oxygens (including phenoxy) is 1. The van der Waals surface area contributed by atoms with Crippen molar-refractivity contribution in [2.75, 3.05) is 19.7 Å². The van der Waals surface area contributed by atoms with Crippen molar-refractivity contribution in [1.82, 2.24) is 14.7 Å². The molecule has 7 nitrogen and oxygen atoms in total. The third-order valence-corrected chi connectivity index (χ3v) is 6.07. The number of hydrogen-bond donors (Lipinski definition) is 1. The lowest BCUT2D eigenvalue weighted by molar-refractivity contribution is -0.149. The second kappa shape index (κ2) is 5.58. The van der Waals surface area contributed by atoms with Crippen molar-refractivity contribution >= 4 is 11.9 Å². The van der Waals surface area contributed by atoms with Crippen molar-refractivity contribution in [2.24, 2.45) is 24.3 Å². The number of fused-ring (bicyclic) bond motifs is 1. The van der Waals surface area contributed by atoms with Gasteiger partial charge in [-0.05, 0) is 25.2 Å². The Morgan fingerprint density at radius 2 is 2.25 bits per heavy atom. The minimum atomic E-state index is -0.744. The Kier molecular flexibility index (Phi) is 3.63. The maximum Gasteiger partial charge on any atom is 0.311 e. The van der Waals surface area contributed by atoms with Crippen LogP contribution in [-0.2, 0) is 21.4 Å². The molecule has 0 bridgehead atoms. The normalized spacial score (nSPS) is 35.4. The highest BCUT2D eigenvalue weighted by atomic mass is 16.5. The number of carbonyl (C=O) groups is 2. The van der Waals surface area contributed by atoms with Gasteiger partial charge < -0.3 is 14.7 Å². The lowest BCUT2D eigenvalue weighted by Gasteiger charge is -2.26. The van der Waals surface area contributed by atoms with E-state index >= 15 is 0 Å². The summed E-state index contributed by atoms with van der Waals surface area (Å²) >= 11 is 0. The molecule has 1 aliphatic carbocycles. The lowest BCUT2D eigenvalue weighted by Crippen LogP contribution is -2.39. The zero-order valence-electron chi connectivity index (χ0n) is 13.9. The minimum absolute atomic E-state index is 0.0383. The standard InChI is InChI=1S/C17H23N3O4/c1-19-8-11(7-18-19)14-13(4-6-24-14)15(21)20-9-12-3-2-5-17(12,10-20)16(22)23/h7-8,12-14H,2-6,9-10H2,1H3,(H,22,23)/t12-,13-,14+,17+/m0/s1. The number of amides is 1. The van der Waals surface area contributed by atoms with E-state index in [1.54, 1.807) is 15.8 Å². The van der Waals surface area contributed by atoms with E-state index < -0.39 is 11.4 Å². The van der Waals surface area contributed by atoms with Gasteiger partial charge in [-0.2, -0.15) is 5.10 Å². The van der Waals surface area contributed by atoms with Gasteiger partial charge >= 0.3 is 5.97 Å². The highest BCUT2D eigenvalue weighted by Gasteiger charge is 2.56. The number of aliphatic carboxylic acids is 1. The molecule has 4 rings (SSSR count). The molecule has 3 heterocycles. The number of carboxylic acids is 1. The number of carbonyl (C=O) groups excluding carboxylic acids is 1. The van der Waals surface area contributed by atoms with Crippen LogP contribution < -0.4 is 0 Å². The van der Waals surface area contributed by atoms with Gasteiger partial charge in [0.15, 0.2) is 0 Å². The zero-order chi connectivity index (χ0) is 16.9. The molecule has 3 fully saturated rings. The number of hydrogen-bond acceptors (Lipinski definition) is 4. The number of carboxylic acid groups (broad SMARTS) is 1. The Hall–Kier alpha value is -1.89. The van der Waals surface area contributed by atoms with Gasteiger partial charge in [-0.3, -0.25) is 14.3 Å². The van der Waals surface area contributed by atoms with Crippen molar-refractivity contribution in [2.45, 2.75) is 31.8 Å². The summed E-state index contributed by atoms with van der Waals surface area (Å²) in [5.74, 6) is -0.847. The van der Waals surface area contributed by atoms with Gasteiger partial charge in [0.05, 0.1) is 23.6 Å². The smallest absolute Gasteiger partial charge is 0.311 e. The quantitative estimate of drug-likeness (QED) is 0.899. The van der Waals surface area contributed by atoms with Crippen LogP contribution in [0.4, 0.5) is 0 Å². The van der Waals surface area contributed by atoms with Crippen LogP contribution in [0.25, 0.3) is 0 Å². The van der Waals surface area contributed by atoms with Crippen molar-refractivity contribution in [3.8, 4) is 0 Å². The average molecular weight is 333 g/mol. The Bertz CT molecular complexity index is 673. The summed E-state index contributed by atoms with van der Waals surface area (Å²) in [6, 6.07) is 0. The first-order chi connectivity index (χ1) is 11.5. The van der Waals surface area contributed by atoms with Crippen LogP contribution in [0.1, 0.15) is 37.4 Å².